The fourth-order valence-electron chi connectivity index (χ4n) is 3.01. The van der Waals surface area contributed by atoms with Gasteiger partial charge in [0.1, 0.15) is 0 Å². The number of carbonyl (C=O) groups excluding carboxylic acids is 2. The molecule has 0 radical (unpaired) electrons. The van der Waals surface area contributed by atoms with Crippen molar-refractivity contribution >= 4 is 50.3 Å². The van der Waals surface area contributed by atoms with E-state index in [1.165, 1.54) is 11.3 Å². The van der Waals surface area contributed by atoms with Crippen LogP contribution in [0.2, 0.25) is 0 Å². The number of fused-ring (bicyclic) bond motifs is 1. The van der Waals surface area contributed by atoms with E-state index in [0.29, 0.717) is 28.4 Å². The van der Waals surface area contributed by atoms with Crippen LogP contribution in [0.4, 0.5) is 17.1 Å². The summed E-state index contributed by atoms with van der Waals surface area (Å²) in [4.78, 5) is 25.4. The Hall–Kier alpha value is -3.64. The number of nitrogen functional groups attached to an aromatic ring is 1. The van der Waals surface area contributed by atoms with Crippen molar-refractivity contribution in [2.45, 2.75) is 6.42 Å². The van der Waals surface area contributed by atoms with Crippen LogP contribution in [0.1, 0.15) is 15.2 Å². The molecule has 0 aliphatic heterocycles. The lowest BCUT2D eigenvalue weighted by molar-refractivity contribution is -0.115. The van der Waals surface area contributed by atoms with Crippen LogP contribution in [-0.4, -0.2) is 11.8 Å². The fraction of sp³-hybridized carbons (Fsp3) is 0.0435. The maximum atomic E-state index is 12.6. The summed E-state index contributed by atoms with van der Waals surface area (Å²) in [6.07, 6.45) is 0.314. The molecule has 144 valence electrons. The van der Waals surface area contributed by atoms with Crippen molar-refractivity contribution in [3.05, 3.63) is 89.3 Å². The zero-order valence-electron chi connectivity index (χ0n) is 15.5. The summed E-state index contributed by atoms with van der Waals surface area (Å²) in [5, 5.41) is 6.66. The standard InChI is InChI=1S/C23H19N3O2S/c24-18-8-4-5-9-19(18)26-23(28)21-14-16-13-17(10-11-20(16)29-21)25-22(27)12-15-6-2-1-3-7-15/h1-11,13-14H,12,24H2,(H,25,27)(H,26,28). The van der Waals surface area contributed by atoms with Crippen molar-refractivity contribution in [3.8, 4) is 0 Å². The zero-order chi connectivity index (χ0) is 20.2. The van der Waals surface area contributed by atoms with Gasteiger partial charge in [-0.1, -0.05) is 42.5 Å². The van der Waals surface area contributed by atoms with E-state index in [0.717, 1.165) is 15.6 Å². The van der Waals surface area contributed by atoms with E-state index in [1.807, 2.05) is 66.7 Å². The minimum atomic E-state index is -0.209. The van der Waals surface area contributed by atoms with Crippen LogP contribution in [-0.2, 0) is 11.2 Å². The van der Waals surface area contributed by atoms with Crippen LogP contribution >= 0.6 is 11.3 Å². The third kappa shape index (κ3) is 4.44. The molecule has 1 heterocycles. The van der Waals surface area contributed by atoms with E-state index in [4.69, 9.17) is 5.73 Å². The van der Waals surface area contributed by atoms with Gasteiger partial charge in [-0.25, -0.2) is 0 Å². The second-order valence-electron chi connectivity index (χ2n) is 6.62. The van der Waals surface area contributed by atoms with Gasteiger partial charge in [-0.15, -0.1) is 11.3 Å². The van der Waals surface area contributed by atoms with Gasteiger partial charge in [0, 0.05) is 10.4 Å². The predicted molar refractivity (Wildman–Crippen MR) is 119 cm³/mol. The number of para-hydroxylation sites is 2. The lowest BCUT2D eigenvalue weighted by Gasteiger charge is -2.05. The molecule has 0 spiro atoms. The molecule has 0 fully saturated rings. The van der Waals surface area contributed by atoms with Crippen LogP contribution in [0, 0.1) is 0 Å². The minimum absolute atomic E-state index is 0.0803. The molecule has 0 saturated carbocycles. The van der Waals surface area contributed by atoms with E-state index >= 15 is 0 Å². The van der Waals surface area contributed by atoms with Crippen molar-refractivity contribution in [2.75, 3.05) is 16.4 Å². The summed E-state index contributed by atoms with van der Waals surface area (Å²) < 4.78 is 0.970. The molecular weight excluding hydrogens is 382 g/mol. The third-order valence-corrected chi connectivity index (χ3v) is 5.56. The number of carbonyl (C=O) groups is 2. The molecule has 0 aliphatic rings. The van der Waals surface area contributed by atoms with Gasteiger partial charge in [0.15, 0.2) is 0 Å². The molecule has 2 amide bonds. The molecular formula is C23H19N3O2S. The number of nitrogens with one attached hydrogen (secondary N) is 2. The molecule has 6 heteroatoms. The van der Waals surface area contributed by atoms with E-state index in [9.17, 15) is 9.59 Å². The first-order valence-corrected chi connectivity index (χ1v) is 9.93. The maximum Gasteiger partial charge on any atom is 0.265 e. The van der Waals surface area contributed by atoms with Crippen molar-refractivity contribution in [3.63, 3.8) is 0 Å². The van der Waals surface area contributed by atoms with Crippen molar-refractivity contribution < 1.29 is 9.59 Å². The maximum absolute atomic E-state index is 12.6. The molecule has 4 rings (SSSR count). The Balaban J connectivity index is 1.48. The lowest BCUT2D eigenvalue weighted by atomic mass is 10.1. The number of nitrogens with two attached hydrogens (primary N) is 1. The van der Waals surface area contributed by atoms with Crippen LogP contribution in [0.25, 0.3) is 10.1 Å². The van der Waals surface area contributed by atoms with Gasteiger partial charge in [0.25, 0.3) is 5.91 Å². The Morgan fingerprint density at radius 2 is 1.62 bits per heavy atom. The predicted octanol–water partition coefficient (Wildman–Crippen LogP) is 4.92. The first kappa shape index (κ1) is 18.7. The van der Waals surface area contributed by atoms with Gasteiger partial charge in [-0.05, 0) is 47.3 Å². The van der Waals surface area contributed by atoms with Gasteiger partial charge < -0.3 is 16.4 Å². The number of amides is 2. The summed E-state index contributed by atoms with van der Waals surface area (Å²) in [6.45, 7) is 0. The average Bonchev–Trinajstić information content (AvgIpc) is 3.14. The van der Waals surface area contributed by atoms with Gasteiger partial charge in [0.2, 0.25) is 5.91 Å². The summed E-state index contributed by atoms with van der Waals surface area (Å²) in [5.74, 6) is -0.290. The molecule has 4 N–H and O–H groups in total. The molecule has 29 heavy (non-hydrogen) atoms. The first-order chi connectivity index (χ1) is 14.1. The smallest absolute Gasteiger partial charge is 0.265 e. The summed E-state index contributed by atoms with van der Waals surface area (Å²) in [5.41, 5.74) is 8.66. The van der Waals surface area contributed by atoms with Gasteiger partial charge in [-0.2, -0.15) is 0 Å². The summed E-state index contributed by atoms with van der Waals surface area (Å²) in [6, 6.07) is 24.2. The van der Waals surface area contributed by atoms with Crippen LogP contribution in [0.3, 0.4) is 0 Å². The molecule has 3 aromatic carbocycles. The molecule has 1 aromatic heterocycles. The summed E-state index contributed by atoms with van der Waals surface area (Å²) in [7, 11) is 0. The minimum Gasteiger partial charge on any atom is -0.397 e. The largest absolute Gasteiger partial charge is 0.397 e. The van der Waals surface area contributed by atoms with E-state index in [-0.39, 0.29) is 11.8 Å². The van der Waals surface area contributed by atoms with E-state index in [1.54, 1.807) is 12.1 Å². The van der Waals surface area contributed by atoms with Gasteiger partial charge in [0.05, 0.1) is 22.7 Å². The molecule has 5 nitrogen and oxygen atoms in total. The monoisotopic (exact) mass is 401 g/mol. The average molecular weight is 401 g/mol. The Morgan fingerprint density at radius 3 is 2.41 bits per heavy atom. The Bertz CT molecular complexity index is 1190. The second kappa shape index (κ2) is 8.16. The van der Waals surface area contributed by atoms with Gasteiger partial charge >= 0.3 is 0 Å². The zero-order valence-corrected chi connectivity index (χ0v) is 16.3. The fourth-order valence-corrected chi connectivity index (χ4v) is 3.95. The molecule has 0 aliphatic carbocycles. The Morgan fingerprint density at radius 1 is 0.862 bits per heavy atom. The lowest BCUT2D eigenvalue weighted by Crippen LogP contribution is -2.14. The van der Waals surface area contributed by atoms with Gasteiger partial charge in [-0.3, -0.25) is 9.59 Å². The number of hydrogen-bond donors (Lipinski definition) is 3. The third-order valence-electron chi connectivity index (χ3n) is 4.44. The summed E-state index contributed by atoms with van der Waals surface area (Å²) >= 11 is 1.40. The number of anilines is 3. The van der Waals surface area contributed by atoms with Crippen LogP contribution in [0.15, 0.2) is 78.9 Å². The number of benzene rings is 3. The van der Waals surface area contributed by atoms with Crippen molar-refractivity contribution in [1.29, 1.82) is 0 Å². The topological polar surface area (TPSA) is 84.2 Å². The highest BCUT2D eigenvalue weighted by molar-refractivity contribution is 7.20. The number of hydrogen-bond acceptors (Lipinski definition) is 4. The van der Waals surface area contributed by atoms with Crippen molar-refractivity contribution in [1.82, 2.24) is 0 Å². The Kier molecular flexibility index (Phi) is 5.27. The van der Waals surface area contributed by atoms with Crippen molar-refractivity contribution in [2.24, 2.45) is 0 Å². The highest BCUT2D eigenvalue weighted by atomic mass is 32.1. The SMILES string of the molecule is Nc1ccccc1NC(=O)c1cc2cc(NC(=O)Cc3ccccc3)ccc2s1. The second-order valence-corrected chi connectivity index (χ2v) is 7.70. The molecule has 0 atom stereocenters. The van der Waals surface area contributed by atoms with Crippen LogP contribution < -0.4 is 16.4 Å². The highest BCUT2D eigenvalue weighted by Gasteiger charge is 2.13. The van der Waals surface area contributed by atoms with Crippen LogP contribution in [0.5, 0.6) is 0 Å². The Labute approximate surface area is 172 Å². The molecule has 0 saturated heterocycles. The quantitative estimate of drug-likeness (QED) is 0.415. The van der Waals surface area contributed by atoms with E-state index < -0.39 is 0 Å². The molecule has 0 bridgehead atoms. The number of thiophene rings is 1. The first-order valence-electron chi connectivity index (χ1n) is 9.12. The normalized spacial score (nSPS) is 10.6. The van der Waals surface area contributed by atoms with E-state index in [2.05, 4.69) is 10.6 Å². The molecule has 0 unspecified atom stereocenters. The highest BCUT2D eigenvalue weighted by Crippen LogP contribution is 2.29. The molecule has 4 aromatic rings. The number of rotatable bonds is 5.